The van der Waals surface area contributed by atoms with Crippen LogP contribution in [-0.2, 0) is 11.2 Å². The maximum atomic E-state index is 13.9. The van der Waals surface area contributed by atoms with Crippen LogP contribution in [0.4, 0.5) is 10.1 Å². The molecule has 2 aliphatic heterocycles. The molecule has 28 heavy (non-hydrogen) atoms. The SMILES string of the molecule is O=C(NCCN1CCN(c2ccccc2F)CC1)[C@@H]1COc2ccccc2C1. The molecule has 5 nitrogen and oxygen atoms in total. The molecule has 1 saturated heterocycles. The molecule has 0 spiro atoms. The highest BCUT2D eigenvalue weighted by atomic mass is 19.1. The van der Waals surface area contributed by atoms with Crippen molar-refractivity contribution in [3.63, 3.8) is 0 Å². The van der Waals surface area contributed by atoms with Crippen LogP contribution in [0.1, 0.15) is 5.56 Å². The van der Waals surface area contributed by atoms with Crippen molar-refractivity contribution in [2.45, 2.75) is 6.42 Å². The standard InChI is InChI=1S/C22H26FN3O2/c23-19-6-2-3-7-20(19)26-13-11-25(12-14-26)10-9-24-22(27)18-15-17-5-1-4-8-21(17)28-16-18/h1-8,18H,9-16H2,(H,24,27)/t18-/m0/s1. The summed E-state index contributed by atoms with van der Waals surface area (Å²) in [6.07, 6.45) is 0.726. The van der Waals surface area contributed by atoms with Gasteiger partial charge in [-0.1, -0.05) is 30.3 Å². The number of amides is 1. The lowest BCUT2D eigenvalue weighted by Gasteiger charge is -2.36. The Bertz CT molecular complexity index is 821. The number of benzene rings is 2. The highest BCUT2D eigenvalue weighted by Crippen LogP contribution is 2.26. The Morgan fingerprint density at radius 2 is 1.82 bits per heavy atom. The van der Waals surface area contributed by atoms with Crippen LogP contribution in [0, 0.1) is 11.7 Å². The monoisotopic (exact) mass is 383 g/mol. The third-order valence-electron chi connectivity index (χ3n) is 5.54. The van der Waals surface area contributed by atoms with Crippen molar-refractivity contribution in [1.82, 2.24) is 10.2 Å². The normalized spacial score (nSPS) is 19.6. The van der Waals surface area contributed by atoms with Crippen molar-refractivity contribution >= 4 is 11.6 Å². The second kappa shape index (κ2) is 8.61. The second-order valence-corrected chi connectivity index (χ2v) is 7.39. The van der Waals surface area contributed by atoms with E-state index in [0.29, 0.717) is 18.8 Å². The summed E-state index contributed by atoms with van der Waals surface area (Å²) < 4.78 is 19.6. The lowest BCUT2D eigenvalue weighted by molar-refractivity contribution is -0.126. The molecule has 1 fully saturated rings. The predicted octanol–water partition coefficient (Wildman–Crippen LogP) is 2.32. The molecule has 4 rings (SSSR count). The fourth-order valence-corrected chi connectivity index (χ4v) is 3.90. The quantitative estimate of drug-likeness (QED) is 0.861. The lowest BCUT2D eigenvalue weighted by Crippen LogP contribution is -2.49. The molecule has 0 radical (unpaired) electrons. The van der Waals surface area contributed by atoms with Crippen LogP contribution in [0.15, 0.2) is 48.5 Å². The van der Waals surface area contributed by atoms with Crippen molar-refractivity contribution < 1.29 is 13.9 Å². The zero-order chi connectivity index (χ0) is 19.3. The molecule has 2 aliphatic rings. The molecule has 0 bridgehead atoms. The van der Waals surface area contributed by atoms with Gasteiger partial charge < -0.3 is 15.0 Å². The van der Waals surface area contributed by atoms with Gasteiger partial charge in [-0.2, -0.15) is 0 Å². The van der Waals surface area contributed by atoms with Gasteiger partial charge in [0.1, 0.15) is 18.2 Å². The Kier molecular flexibility index (Phi) is 5.76. The van der Waals surface area contributed by atoms with E-state index in [0.717, 1.165) is 50.5 Å². The number of nitrogens with zero attached hydrogens (tertiary/aromatic N) is 2. The van der Waals surface area contributed by atoms with E-state index in [-0.39, 0.29) is 17.6 Å². The van der Waals surface area contributed by atoms with Gasteiger partial charge in [0.05, 0.1) is 11.6 Å². The van der Waals surface area contributed by atoms with E-state index in [2.05, 4.69) is 15.1 Å². The fourth-order valence-electron chi connectivity index (χ4n) is 3.90. The summed E-state index contributed by atoms with van der Waals surface area (Å²) in [6.45, 7) is 5.18. The van der Waals surface area contributed by atoms with E-state index >= 15 is 0 Å². The molecule has 0 aromatic heterocycles. The summed E-state index contributed by atoms with van der Waals surface area (Å²) in [6, 6.07) is 14.8. The van der Waals surface area contributed by atoms with Gasteiger partial charge in [-0.25, -0.2) is 4.39 Å². The van der Waals surface area contributed by atoms with Gasteiger partial charge in [0.25, 0.3) is 0 Å². The largest absolute Gasteiger partial charge is 0.492 e. The summed E-state index contributed by atoms with van der Waals surface area (Å²) in [5.74, 6) is 0.645. The third-order valence-corrected chi connectivity index (χ3v) is 5.54. The minimum Gasteiger partial charge on any atom is -0.492 e. The van der Waals surface area contributed by atoms with Gasteiger partial charge >= 0.3 is 0 Å². The maximum Gasteiger partial charge on any atom is 0.226 e. The number of carbonyl (C=O) groups excluding carboxylic acids is 1. The van der Waals surface area contributed by atoms with Gasteiger partial charge in [-0.15, -0.1) is 0 Å². The van der Waals surface area contributed by atoms with Crippen LogP contribution < -0.4 is 15.0 Å². The first kappa shape index (κ1) is 18.7. The van der Waals surface area contributed by atoms with Gasteiger partial charge in [0, 0.05) is 39.3 Å². The summed E-state index contributed by atoms with van der Waals surface area (Å²) in [4.78, 5) is 16.9. The number of hydrogen-bond acceptors (Lipinski definition) is 4. The summed E-state index contributed by atoms with van der Waals surface area (Å²) in [5.41, 5.74) is 1.77. The number of ether oxygens (including phenoxy) is 1. The Morgan fingerprint density at radius 3 is 2.64 bits per heavy atom. The average Bonchev–Trinajstić information content (AvgIpc) is 2.74. The Labute approximate surface area is 165 Å². The minimum absolute atomic E-state index is 0.0551. The Balaban J connectivity index is 1.19. The molecule has 2 aromatic rings. The molecule has 0 aliphatic carbocycles. The zero-order valence-electron chi connectivity index (χ0n) is 15.9. The third kappa shape index (κ3) is 4.28. The Morgan fingerprint density at radius 1 is 1.07 bits per heavy atom. The highest BCUT2D eigenvalue weighted by molar-refractivity contribution is 5.79. The molecule has 1 amide bonds. The van der Waals surface area contributed by atoms with Crippen LogP contribution in [0.2, 0.25) is 0 Å². The zero-order valence-corrected chi connectivity index (χ0v) is 15.9. The summed E-state index contributed by atoms with van der Waals surface area (Å²) in [5, 5.41) is 3.05. The topological polar surface area (TPSA) is 44.8 Å². The van der Waals surface area contributed by atoms with Crippen LogP contribution in [0.5, 0.6) is 5.75 Å². The number of hydrogen-bond donors (Lipinski definition) is 1. The van der Waals surface area contributed by atoms with E-state index in [4.69, 9.17) is 4.74 Å². The van der Waals surface area contributed by atoms with E-state index < -0.39 is 0 Å². The van der Waals surface area contributed by atoms with Crippen LogP contribution in [0.25, 0.3) is 0 Å². The molecular weight excluding hydrogens is 357 g/mol. The number of halogens is 1. The fraction of sp³-hybridized carbons (Fsp3) is 0.409. The summed E-state index contributed by atoms with van der Waals surface area (Å²) in [7, 11) is 0. The average molecular weight is 383 g/mol. The molecule has 1 N–H and O–H groups in total. The van der Waals surface area contributed by atoms with E-state index in [9.17, 15) is 9.18 Å². The molecule has 0 saturated carbocycles. The van der Waals surface area contributed by atoms with Crippen molar-refractivity contribution in [2.75, 3.05) is 50.8 Å². The number of anilines is 1. The van der Waals surface area contributed by atoms with Crippen molar-refractivity contribution in [3.05, 3.63) is 59.9 Å². The molecule has 0 unspecified atom stereocenters. The first-order valence-electron chi connectivity index (χ1n) is 9.91. The van der Waals surface area contributed by atoms with E-state index in [1.807, 2.05) is 36.4 Å². The van der Waals surface area contributed by atoms with Gasteiger partial charge in [0.2, 0.25) is 5.91 Å². The van der Waals surface area contributed by atoms with Crippen LogP contribution in [-0.4, -0.2) is 56.7 Å². The predicted molar refractivity (Wildman–Crippen MR) is 107 cm³/mol. The number of carbonyl (C=O) groups is 1. The second-order valence-electron chi connectivity index (χ2n) is 7.39. The molecular formula is C22H26FN3O2. The van der Waals surface area contributed by atoms with E-state index in [1.54, 1.807) is 6.07 Å². The number of nitrogens with one attached hydrogen (secondary N) is 1. The number of para-hydroxylation sites is 2. The molecule has 1 atom stereocenters. The molecule has 148 valence electrons. The molecule has 2 heterocycles. The van der Waals surface area contributed by atoms with E-state index in [1.165, 1.54) is 6.07 Å². The number of piperazine rings is 1. The smallest absolute Gasteiger partial charge is 0.226 e. The maximum absolute atomic E-state index is 13.9. The number of fused-ring (bicyclic) bond motifs is 1. The molecule has 6 heteroatoms. The first-order chi connectivity index (χ1) is 13.7. The molecule has 2 aromatic carbocycles. The van der Waals surface area contributed by atoms with Gasteiger partial charge in [-0.05, 0) is 30.2 Å². The minimum atomic E-state index is -0.167. The highest BCUT2D eigenvalue weighted by Gasteiger charge is 2.26. The number of rotatable bonds is 5. The van der Waals surface area contributed by atoms with Crippen molar-refractivity contribution in [1.29, 1.82) is 0 Å². The van der Waals surface area contributed by atoms with Crippen LogP contribution in [0.3, 0.4) is 0 Å². The summed E-state index contributed by atoms with van der Waals surface area (Å²) >= 11 is 0. The van der Waals surface area contributed by atoms with Crippen LogP contribution >= 0.6 is 0 Å². The Hall–Kier alpha value is -2.60. The van der Waals surface area contributed by atoms with Crippen molar-refractivity contribution in [3.8, 4) is 5.75 Å². The van der Waals surface area contributed by atoms with Gasteiger partial charge in [-0.3, -0.25) is 9.69 Å². The first-order valence-corrected chi connectivity index (χ1v) is 9.91. The van der Waals surface area contributed by atoms with Gasteiger partial charge in [0.15, 0.2) is 0 Å². The van der Waals surface area contributed by atoms with Crippen molar-refractivity contribution in [2.24, 2.45) is 5.92 Å². The lowest BCUT2D eigenvalue weighted by atomic mass is 9.96.